The van der Waals surface area contributed by atoms with Gasteiger partial charge in [-0.3, -0.25) is 0 Å². The Labute approximate surface area is 160 Å². The maximum absolute atomic E-state index is 12.4. The van der Waals surface area contributed by atoms with Crippen LogP contribution in [0.5, 0.6) is 17.2 Å². The lowest BCUT2D eigenvalue weighted by atomic mass is 9.99. The lowest BCUT2D eigenvalue weighted by Crippen LogP contribution is -2.61. The summed E-state index contributed by atoms with van der Waals surface area (Å²) < 4.78 is 16.3. The van der Waals surface area contributed by atoms with Crippen molar-refractivity contribution in [1.82, 2.24) is 0 Å². The number of ether oxygens (including phenoxy) is 3. The summed E-state index contributed by atoms with van der Waals surface area (Å²) in [5, 5.41) is 48.5. The summed E-state index contributed by atoms with van der Waals surface area (Å²) in [7, 11) is 0. The first-order valence-electron chi connectivity index (χ1n) is 8.47. The molecule has 5 N–H and O–H groups in total. The number of esters is 1. The Morgan fingerprint density at radius 1 is 0.929 bits per heavy atom. The van der Waals surface area contributed by atoms with Crippen LogP contribution < -0.4 is 4.74 Å². The van der Waals surface area contributed by atoms with Crippen LogP contribution in [-0.4, -0.2) is 68.8 Å². The van der Waals surface area contributed by atoms with Gasteiger partial charge in [0.15, 0.2) is 6.10 Å². The number of phenols is 2. The van der Waals surface area contributed by atoms with Crippen LogP contribution in [0.25, 0.3) is 0 Å². The number of aromatic hydroxyl groups is 2. The topological polar surface area (TPSA) is 146 Å². The van der Waals surface area contributed by atoms with Gasteiger partial charge >= 0.3 is 5.97 Å². The fourth-order valence-electron chi connectivity index (χ4n) is 2.72. The van der Waals surface area contributed by atoms with Gasteiger partial charge in [-0.25, -0.2) is 4.79 Å². The number of benzene rings is 2. The summed E-state index contributed by atoms with van der Waals surface area (Å²) in [6.07, 6.45) is -6.99. The highest BCUT2D eigenvalue weighted by Gasteiger charge is 2.48. The molecule has 1 saturated heterocycles. The summed E-state index contributed by atoms with van der Waals surface area (Å²) in [5.74, 6) is -0.612. The molecule has 3 rings (SSSR count). The average Bonchev–Trinajstić information content (AvgIpc) is 2.69. The first-order chi connectivity index (χ1) is 13.4. The standard InChI is InChI=1S/C19H20O9/c20-9-14-15(23)16(24)17(28-18(25)10-1-3-11(21)4-2-10)19(27-14)26-13-7-5-12(22)6-8-13/h1-8,14-17,19-24H,9H2/t14-,15-,16+,17-,19-/m1/s1. The van der Waals surface area contributed by atoms with Gasteiger partial charge in [-0.05, 0) is 48.5 Å². The zero-order valence-corrected chi connectivity index (χ0v) is 14.6. The Morgan fingerprint density at radius 2 is 1.50 bits per heavy atom. The molecular weight excluding hydrogens is 372 g/mol. The highest BCUT2D eigenvalue weighted by atomic mass is 16.7. The van der Waals surface area contributed by atoms with Gasteiger partial charge in [-0.15, -0.1) is 0 Å². The number of aliphatic hydroxyl groups is 3. The van der Waals surface area contributed by atoms with Crippen LogP contribution in [0.2, 0.25) is 0 Å². The summed E-state index contributed by atoms with van der Waals surface area (Å²) in [6.45, 7) is -0.591. The highest BCUT2D eigenvalue weighted by molar-refractivity contribution is 5.89. The number of aliphatic hydroxyl groups excluding tert-OH is 3. The molecule has 2 aromatic carbocycles. The molecule has 0 radical (unpaired) electrons. The van der Waals surface area contributed by atoms with Crippen LogP contribution in [0.15, 0.2) is 48.5 Å². The molecule has 28 heavy (non-hydrogen) atoms. The number of phenolic OH excluding ortho intramolecular Hbond substituents is 2. The predicted octanol–water partition coefficient (Wildman–Crippen LogP) is 0.141. The number of carbonyl (C=O) groups excluding carboxylic acids is 1. The number of hydrogen-bond acceptors (Lipinski definition) is 9. The molecule has 0 saturated carbocycles. The summed E-state index contributed by atoms with van der Waals surface area (Å²) in [6, 6.07) is 10.9. The van der Waals surface area contributed by atoms with Crippen LogP contribution in [-0.2, 0) is 9.47 Å². The second kappa shape index (κ2) is 8.44. The first kappa shape index (κ1) is 19.9. The quantitative estimate of drug-likeness (QED) is 0.449. The third-order valence-corrected chi connectivity index (χ3v) is 4.26. The van der Waals surface area contributed by atoms with Gasteiger partial charge in [0.05, 0.1) is 12.2 Å². The van der Waals surface area contributed by atoms with Crippen molar-refractivity contribution < 1.29 is 44.5 Å². The predicted molar refractivity (Wildman–Crippen MR) is 93.8 cm³/mol. The molecule has 9 heteroatoms. The molecule has 9 nitrogen and oxygen atoms in total. The van der Waals surface area contributed by atoms with Crippen molar-refractivity contribution in [2.24, 2.45) is 0 Å². The van der Waals surface area contributed by atoms with Gasteiger partial charge in [-0.2, -0.15) is 0 Å². The van der Waals surface area contributed by atoms with E-state index >= 15 is 0 Å². The molecule has 150 valence electrons. The zero-order chi connectivity index (χ0) is 20.3. The normalized spacial score (nSPS) is 27.2. The Morgan fingerprint density at radius 3 is 2.07 bits per heavy atom. The van der Waals surface area contributed by atoms with Gasteiger partial charge in [-0.1, -0.05) is 0 Å². The van der Waals surface area contributed by atoms with E-state index in [9.17, 15) is 30.3 Å². The molecular formula is C19H20O9. The van der Waals surface area contributed by atoms with Gasteiger partial charge in [0.1, 0.15) is 35.6 Å². The van der Waals surface area contributed by atoms with E-state index in [0.717, 1.165) is 0 Å². The fourth-order valence-corrected chi connectivity index (χ4v) is 2.72. The summed E-state index contributed by atoms with van der Waals surface area (Å²) >= 11 is 0. The maximum Gasteiger partial charge on any atom is 0.338 e. The maximum atomic E-state index is 12.4. The molecule has 0 bridgehead atoms. The van der Waals surface area contributed by atoms with Crippen LogP contribution in [0.3, 0.4) is 0 Å². The van der Waals surface area contributed by atoms with E-state index in [1.54, 1.807) is 0 Å². The molecule has 0 spiro atoms. The Balaban J connectivity index is 1.81. The average molecular weight is 392 g/mol. The van der Waals surface area contributed by atoms with E-state index in [0.29, 0.717) is 0 Å². The molecule has 1 fully saturated rings. The van der Waals surface area contributed by atoms with Crippen molar-refractivity contribution in [2.75, 3.05) is 6.61 Å². The fraction of sp³-hybridized carbons (Fsp3) is 0.316. The second-order valence-corrected chi connectivity index (χ2v) is 6.24. The Kier molecular flexibility index (Phi) is 6.00. The van der Waals surface area contributed by atoms with E-state index < -0.39 is 43.3 Å². The monoisotopic (exact) mass is 392 g/mol. The lowest BCUT2D eigenvalue weighted by molar-refractivity contribution is -0.276. The smallest absolute Gasteiger partial charge is 0.338 e. The molecule has 1 aliphatic rings. The van der Waals surface area contributed by atoms with Crippen molar-refractivity contribution in [3.63, 3.8) is 0 Å². The highest BCUT2D eigenvalue weighted by Crippen LogP contribution is 2.28. The first-order valence-corrected chi connectivity index (χ1v) is 8.47. The lowest BCUT2D eigenvalue weighted by Gasteiger charge is -2.41. The van der Waals surface area contributed by atoms with E-state index in [4.69, 9.17) is 14.2 Å². The van der Waals surface area contributed by atoms with E-state index in [1.165, 1.54) is 48.5 Å². The summed E-state index contributed by atoms with van der Waals surface area (Å²) in [5.41, 5.74) is 0.104. The zero-order valence-electron chi connectivity index (χ0n) is 14.6. The van der Waals surface area contributed by atoms with Crippen molar-refractivity contribution >= 4 is 5.97 Å². The molecule has 0 aliphatic carbocycles. The number of hydrogen-bond donors (Lipinski definition) is 5. The van der Waals surface area contributed by atoms with E-state index in [-0.39, 0.29) is 22.8 Å². The minimum absolute atomic E-state index is 0.0101. The molecule has 1 heterocycles. The molecule has 2 aromatic rings. The van der Waals surface area contributed by atoms with Crippen LogP contribution >= 0.6 is 0 Å². The van der Waals surface area contributed by atoms with Gasteiger partial charge in [0.25, 0.3) is 0 Å². The van der Waals surface area contributed by atoms with Crippen LogP contribution in [0.4, 0.5) is 0 Å². The van der Waals surface area contributed by atoms with Crippen molar-refractivity contribution in [1.29, 1.82) is 0 Å². The van der Waals surface area contributed by atoms with Gasteiger partial charge < -0.3 is 39.7 Å². The van der Waals surface area contributed by atoms with Gasteiger partial charge in [0, 0.05) is 0 Å². The molecule has 1 aliphatic heterocycles. The third kappa shape index (κ3) is 4.34. The van der Waals surface area contributed by atoms with Crippen molar-refractivity contribution in [3.05, 3.63) is 54.1 Å². The van der Waals surface area contributed by atoms with Crippen LogP contribution in [0.1, 0.15) is 10.4 Å². The molecule has 5 atom stereocenters. The van der Waals surface area contributed by atoms with Crippen LogP contribution in [0, 0.1) is 0 Å². The molecule has 0 aromatic heterocycles. The minimum Gasteiger partial charge on any atom is -0.508 e. The molecule has 0 unspecified atom stereocenters. The Hall–Kier alpha value is -2.85. The largest absolute Gasteiger partial charge is 0.508 e. The SMILES string of the molecule is O=C(O[C@H]1[C@H](Oc2ccc(O)cc2)O[C@H](CO)[C@@H](O)[C@@H]1O)c1ccc(O)cc1. The minimum atomic E-state index is -1.59. The van der Waals surface area contributed by atoms with E-state index in [1.807, 2.05) is 0 Å². The number of carbonyl (C=O) groups is 1. The third-order valence-electron chi connectivity index (χ3n) is 4.26. The van der Waals surface area contributed by atoms with E-state index in [2.05, 4.69) is 0 Å². The molecule has 0 amide bonds. The van der Waals surface area contributed by atoms with Gasteiger partial charge in [0.2, 0.25) is 6.29 Å². The second-order valence-electron chi connectivity index (χ2n) is 6.24. The number of rotatable bonds is 5. The van der Waals surface area contributed by atoms with Crippen molar-refractivity contribution in [2.45, 2.75) is 30.7 Å². The Bertz CT molecular complexity index is 790. The van der Waals surface area contributed by atoms with Crippen molar-refractivity contribution in [3.8, 4) is 17.2 Å². The summed E-state index contributed by atoms with van der Waals surface area (Å²) in [4.78, 5) is 12.4.